The maximum Gasteiger partial charge on any atom is 0.224 e. The quantitative estimate of drug-likeness (QED) is 0.752. The average molecular weight is 343 g/mol. The summed E-state index contributed by atoms with van der Waals surface area (Å²) in [7, 11) is 0. The molecule has 0 bridgehead atoms. The summed E-state index contributed by atoms with van der Waals surface area (Å²) in [5.74, 6) is -0.0619. The molecule has 2 nitrogen and oxygen atoms in total. The zero-order valence-corrected chi connectivity index (χ0v) is 13.5. The van der Waals surface area contributed by atoms with Crippen molar-refractivity contribution in [2.24, 2.45) is 0 Å². The van der Waals surface area contributed by atoms with Gasteiger partial charge in [-0.05, 0) is 48.7 Å². The molecule has 21 heavy (non-hydrogen) atoms. The highest BCUT2D eigenvalue weighted by atomic mass is 35.5. The van der Waals surface area contributed by atoms with Crippen LogP contribution in [0.25, 0.3) is 0 Å². The smallest absolute Gasteiger partial charge is 0.224 e. The van der Waals surface area contributed by atoms with Crippen LogP contribution in [0.1, 0.15) is 18.4 Å². The van der Waals surface area contributed by atoms with Crippen molar-refractivity contribution in [1.29, 1.82) is 0 Å². The van der Waals surface area contributed by atoms with Crippen molar-refractivity contribution in [2.45, 2.75) is 19.3 Å². The summed E-state index contributed by atoms with van der Waals surface area (Å²) >= 11 is 17.6. The van der Waals surface area contributed by atoms with E-state index in [-0.39, 0.29) is 5.91 Å². The van der Waals surface area contributed by atoms with Crippen LogP contribution in [0.4, 0.5) is 5.69 Å². The SMILES string of the molecule is O=C(CCCc1ccc(Cl)cc1)Nc1ccc(Cl)cc1Cl. The fourth-order valence-electron chi connectivity index (χ4n) is 1.91. The lowest BCUT2D eigenvalue weighted by Crippen LogP contribution is -2.11. The molecule has 2 aromatic rings. The second-order valence-corrected chi connectivity index (χ2v) is 5.93. The van der Waals surface area contributed by atoms with Crippen molar-refractivity contribution in [3.8, 4) is 0 Å². The number of carbonyl (C=O) groups excluding carboxylic acids is 1. The van der Waals surface area contributed by atoms with Crippen LogP contribution in [-0.2, 0) is 11.2 Å². The van der Waals surface area contributed by atoms with Crippen LogP contribution in [-0.4, -0.2) is 5.91 Å². The molecule has 0 aliphatic heterocycles. The molecular weight excluding hydrogens is 329 g/mol. The van der Waals surface area contributed by atoms with Crippen LogP contribution in [0.2, 0.25) is 15.1 Å². The molecule has 0 atom stereocenters. The molecule has 0 heterocycles. The second-order valence-electron chi connectivity index (χ2n) is 4.65. The maximum absolute atomic E-state index is 11.9. The zero-order chi connectivity index (χ0) is 15.2. The monoisotopic (exact) mass is 341 g/mol. The van der Waals surface area contributed by atoms with Gasteiger partial charge in [-0.1, -0.05) is 46.9 Å². The van der Waals surface area contributed by atoms with E-state index in [9.17, 15) is 4.79 Å². The number of hydrogen-bond donors (Lipinski definition) is 1. The van der Waals surface area contributed by atoms with E-state index in [1.807, 2.05) is 24.3 Å². The van der Waals surface area contributed by atoms with E-state index in [0.717, 1.165) is 18.4 Å². The van der Waals surface area contributed by atoms with Gasteiger partial charge >= 0.3 is 0 Å². The van der Waals surface area contributed by atoms with Gasteiger partial charge < -0.3 is 5.32 Å². The summed E-state index contributed by atoms with van der Waals surface area (Å²) in [4.78, 5) is 11.9. The van der Waals surface area contributed by atoms with Crippen LogP contribution in [0, 0.1) is 0 Å². The molecule has 1 amide bonds. The first-order valence-electron chi connectivity index (χ1n) is 6.54. The van der Waals surface area contributed by atoms with Gasteiger partial charge in [0.25, 0.3) is 0 Å². The zero-order valence-electron chi connectivity index (χ0n) is 11.2. The standard InChI is InChI=1S/C16H14Cl3NO/c17-12-6-4-11(5-7-12)2-1-3-16(21)20-15-9-8-13(18)10-14(15)19/h4-10H,1-3H2,(H,20,21). The van der Waals surface area contributed by atoms with Gasteiger partial charge in [-0.2, -0.15) is 0 Å². The van der Waals surface area contributed by atoms with Crippen molar-refractivity contribution >= 4 is 46.4 Å². The van der Waals surface area contributed by atoms with Gasteiger partial charge in [-0.25, -0.2) is 0 Å². The third-order valence-electron chi connectivity index (χ3n) is 2.99. The van der Waals surface area contributed by atoms with Crippen molar-refractivity contribution < 1.29 is 4.79 Å². The van der Waals surface area contributed by atoms with Crippen LogP contribution < -0.4 is 5.32 Å². The first-order chi connectivity index (χ1) is 10.0. The van der Waals surface area contributed by atoms with Gasteiger partial charge in [0.1, 0.15) is 0 Å². The topological polar surface area (TPSA) is 29.1 Å². The maximum atomic E-state index is 11.9. The third-order valence-corrected chi connectivity index (χ3v) is 3.79. The number of nitrogens with one attached hydrogen (secondary N) is 1. The van der Waals surface area contributed by atoms with E-state index < -0.39 is 0 Å². The number of halogens is 3. The Hall–Kier alpha value is -1.22. The molecular formula is C16H14Cl3NO. The Morgan fingerprint density at radius 1 is 0.952 bits per heavy atom. The molecule has 0 aliphatic rings. The van der Waals surface area contributed by atoms with Crippen LogP contribution in [0.15, 0.2) is 42.5 Å². The fourth-order valence-corrected chi connectivity index (χ4v) is 2.49. The van der Waals surface area contributed by atoms with Crippen molar-refractivity contribution in [3.05, 3.63) is 63.1 Å². The van der Waals surface area contributed by atoms with Crippen molar-refractivity contribution in [2.75, 3.05) is 5.32 Å². The van der Waals surface area contributed by atoms with E-state index in [1.54, 1.807) is 18.2 Å². The van der Waals surface area contributed by atoms with Crippen molar-refractivity contribution in [1.82, 2.24) is 0 Å². The highest BCUT2D eigenvalue weighted by molar-refractivity contribution is 6.36. The van der Waals surface area contributed by atoms with Gasteiger partial charge in [0.05, 0.1) is 10.7 Å². The third kappa shape index (κ3) is 5.24. The first kappa shape index (κ1) is 16.2. The highest BCUT2D eigenvalue weighted by Gasteiger charge is 2.06. The molecule has 0 fully saturated rings. The summed E-state index contributed by atoms with van der Waals surface area (Å²) < 4.78 is 0. The van der Waals surface area contributed by atoms with Crippen LogP contribution in [0.5, 0.6) is 0 Å². The van der Waals surface area contributed by atoms with E-state index >= 15 is 0 Å². The normalized spacial score (nSPS) is 10.4. The molecule has 0 unspecified atom stereocenters. The Morgan fingerprint density at radius 2 is 1.62 bits per heavy atom. The van der Waals surface area contributed by atoms with Gasteiger partial charge in [0.2, 0.25) is 5.91 Å². The summed E-state index contributed by atoms with van der Waals surface area (Å²) in [6.45, 7) is 0. The summed E-state index contributed by atoms with van der Waals surface area (Å²) in [5, 5.41) is 4.48. The number of amides is 1. The molecule has 2 aromatic carbocycles. The van der Waals surface area contributed by atoms with Gasteiger partial charge in [0, 0.05) is 16.5 Å². The summed E-state index contributed by atoms with van der Waals surface area (Å²) in [6, 6.07) is 12.6. The van der Waals surface area contributed by atoms with Crippen LogP contribution in [0.3, 0.4) is 0 Å². The number of carbonyl (C=O) groups is 1. The predicted molar refractivity (Wildman–Crippen MR) is 89.5 cm³/mol. The number of aryl methyl sites for hydroxylation is 1. The second kappa shape index (κ2) is 7.69. The van der Waals surface area contributed by atoms with Crippen molar-refractivity contribution in [3.63, 3.8) is 0 Å². The Balaban J connectivity index is 1.81. The van der Waals surface area contributed by atoms with Gasteiger partial charge in [0.15, 0.2) is 0 Å². The van der Waals surface area contributed by atoms with E-state index in [1.165, 1.54) is 0 Å². The number of hydrogen-bond acceptors (Lipinski definition) is 1. The van der Waals surface area contributed by atoms with Gasteiger partial charge in [-0.3, -0.25) is 4.79 Å². The van der Waals surface area contributed by atoms with Gasteiger partial charge in [-0.15, -0.1) is 0 Å². The number of benzene rings is 2. The lowest BCUT2D eigenvalue weighted by molar-refractivity contribution is -0.116. The molecule has 2 rings (SSSR count). The molecule has 0 saturated carbocycles. The minimum Gasteiger partial charge on any atom is -0.325 e. The molecule has 110 valence electrons. The van der Waals surface area contributed by atoms with E-state index in [0.29, 0.717) is 27.2 Å². The molecule has 5 heteroatoms. The summed E-state index contributed by atoms with van der Waals surface area (Å²) in [6.07, 6.45) is 2.03. The Bertz CT molecular complexity index is 626. The Kier molecular flexibility index (Phi) is 5.92. The minimum absolute atomic E-state index is 0.0619. The molecule has 1 N–H and O–H groups in total. The molecule has 0 saturated heterocycles. The average Bonchev–Trinajstić information content (AvgIpc) is 2.44. The van der Waals surface area contributed by atoms with E-state index in [2.05, 4.69) is 5.32 Å². The summed E-state index contributed by atoms with van der Waals surface area (Å²) in [5.41, 5.74) is 1.74. The Labute approximate surface area is 139 Å². The number of anilines is 1. The molecule has 0 aliphatic carbocycles. The minimum atomic E-state index is -0.0619. The van der Waals surface area contributed by atoms with Crippen LogP contribution >= 0.6 is 34.8 Å². The molecule has 0 radical (unpaired) electrons. The first-order valence-corrected chi connectivity index (χ1v) is 7.67. The lowest BCUT2D eigenvalue weighted by atomic mass is 10.1. The number of rotatable bonds is 5. The molecule has 0 aromatic heterocycles. The largest absolute Gasteiger partial charge is 0.325 e. The van der Waals surface area contributed by atoms with E-state index in [4.69, 9.17) is 34.8 Å². The fraction of sp³-hybridized carbons (Fsp3) is 0.188. The Morgan fingerprint density at radius 3 is 2.29 bits per heavy atom. The lowest BCUT2D eigenvalue weighted by Gasteiger charge is -2.07. The molecule has 0 spiro atoms. The highest BCUT2D eigenvalue weighted by Crippen LogP contribution is 2.25. The predicted octanol–water partition coefficient (Wildman–Crippen LogP) is 5.61.